The van der Waals surface area contributed by atoms with E-state index in [0.29, 0.717) is 16.4 Å². The van der Waals surface area contributed by atoms with Gasteiger partial charge in [-0.25, -0.2) is 4.98 Å². The van der Waals surface area contributed by atoms with Crippen molar-refractivity contribution in [2.45, 2.75) is 6.92 Å². The first-order chi connectivity index (χ1) is 9.63. The van der Waals surface area contributed by atoms with Gasteiger partial charge < -0.3 is 5.73 Å². The van der Waals surface area contributed by atoms with Gasteiger partial charge in [-0.1, -0.05) is 29.5 Å². The van der Waals surface area contributed by atoms with E-state index < -0.39 is 0 Å². The summed E-state index contributed by atoms with van der Waals surface area (Å²) < 4.78 is 0.963. The number of anilines is 2. The lowest BCUT2D eigenvalue weighted by Gasteiger charge is -2.04. The minimum absolute atomic E-state index is 0.143. The number of benzene rings is 2. The second kappa shape index (κ2) is 4.94. The molecule has 20 heavy (non-hydrogen) atoms. The molecule has 3 N–H and O–H groups in total. The molecule has 0 saturated heterocycles. The molecule has 0 aliphatic rings. The van der Waals surface area contributed by atoms with Crippen LogP contribution in [0.4, 0.5) is 10.8 Å². The van der Waals surface area contributed by atoms with E-state index in [2.05, 4.69) is 10.3 Å². The number of fused-ring (bicyclic) bond motifs is 1. The molecule has 3 aromatic rings. The molecule has 0 atom stereocenters. The minimum atomic E-state index is -0.143. The normalized spacial score (nSPS) is 10.7. The number of nitrogens with zero attached hydrogens (tertiary/aromatic N) is 1. The van der Waals surface area contributed by atoms with Crippen molar-refractivity contribution in [3.8, 4) is 0 Å². The second-order valence-electron chi connectivity index (χ2n) is 4.52. The van der Waals surface area contributed by atoms with Crippen molar-refractivity contribution in [2.24, 2.45) is 0 Å². The zero-order valence-corrected chi connectivity index (χ0v) is 11.7. The Bertz CT molecular complexity index is 795. The summed E-state index contributed by atoms with van der Waals surface area (Å²) in [4.78, 5) is 16.6. The lowest BCUT2D eigenvalue weighted by Crippen LogP contribution is -2.12. The fraction of sp³-hybridized carbons (Fsp3) is 0.0667. The van der Waals surface area contributed by atoms with Crippen LogP contribution in [0, 0.1) is 6.92 Å². The lowest BCUT2D eigenvalue weighted by atomic mass is 10.1. The maximum absolute atomic E-state index is 12.2. The SMILES string of the molecule is Cc1ccccc1C(=O)Nc1nc2ccc(N)cc2s1. The first-order valence-electron chi connectivity index (χ1n) is 6.16. The molecule has 0 fully saturated rings. The van der Waals surface area contributed by atoms with Gasteiger partial charge in [-0.2, -0.15) is 0 Å². The van der Waals surface area contributed by atoms with Crippen LogP contribution in [0.2, 0.25) is 0 Å². The van der Waals surface area contributed by atoms with Gasteiger partial charge >= 0.3 is 0 Å². The summed E-state index contributed by atoms with van der Waals surface area (Å²) in [6, 6.07) is 13.0. The first kappa shape index (κ1) is 12.6. The Hall–Kier alpha value is -2.40. The summed E-state index contributed by atoms with van der Waals surface area (Å²) >= 11 is 1.42. The van der Waals surface area contributed by atoms with Gasteiger partial charge in [0.2, 0.25) is 0 Å². The largest absolute Gasteiger partial charge is 0.399 e. The van der Waals surface area contributed by atoms with Gasteiger partial charge in [0, 0.05) is 11.3 Å². The second-order valence-corrected chi connectivity index (χ2v) is 5.55. The molecule has 0 bridgehead atoms. The fourth-order valence-corrected chi connectivity index (χ4v) is 2.90. The summed E-state index contributed by atoms with van der Waals surface area (Å²) in [6.07, 6.45) is 0. The topological polar surface area (TPSA) is 68.0 Å². The smallest absolute Gasteiger partial charge is 0.257 e. The first-order valence-corrected chi connectivity index (χ1v) is 6.98. The van der Waals surface area contributed by atoms with Crippen LogP contribution in [0.5, 0.6) is 0 Å². The predicted octanol–water partition coefficient (Wildman–Crippen LogP) is 3.44. The van der Waals surface area contributed by atoms with Crippen LogP contribution in [0.3, 0.4) is 0 Å². The molecule has 1 amide bonds. The molecular weight excluding hydrogens is 270 g/mol. The highest BCUT2D eigenvalue weighted by molar-refractivity contribution is 7.22. The van der Waals surface area contributed by atoms with Crippen molar-refractivity contribution in [3.05, 3.63) is 53.6 Å². The van der Waals surface area contributed by atoms with Gasteiger partial charge in [-0.3, -0.25) is 10.1 Å². The number of amides is 1. The quantitative estimate of drug-likeness (QED) is 0.708. The summed E-state index contributed by atoms with van der Waals surface area (Å²) in [6.45, 7) is 1.91. The van der Waals surface area contributed by atoms with Gasteiger partial charge in [-0.05, 0) is 36.8 Å². The Morgan fingerprint density at radius 3 is 2.85 bits per heavy atom. The molecule has 1 aromatic heterocycles. The molecule has 100 valence electrons. The fourth-order valence-electron chi connectivity index (χ4n) is 1.99. The number of hydrogen-bond acceptors (Lipinski definition) is 4. The van der Waals surface area contributed by atoms with E-state index in [1.807, 2.05) is 37.3 Å². The molecule has 0 unspecified atom stereocenters. The molecule has 2 aromatic carbocycles. The van der Waals surface area contributed by atoms with E-state index in [-0.39, 0.29) is 5.91 Å². The lowest BCUT2D eigenvalue weighted by molar-refractivity contribution is 0.102. The Labute approximate surface area is 120 Å². The van der Waals surface area contributed by atoms with Crippen molar-refractivity contribution < 1.29 is 4.79 Å². The van der Waals surface area contributed by atoms with Gasteiger partial charge in [0.05, 0.1) is 10.2 Å². The van der Waals surface area contributed by atoms with E-state index in [1.54, 1.807) is 12.1 Å². The zero-order chi connectivity index (χ0) is 14.1. The minimum Gasteiger partial charge on any atom is -0.399 e. The van der Waals surface area contributed by atoms with Crippen LogP contribution in [-0.2, 0) is 0 Å². The molecule has 0 aliphatic heterocycles. The Balaban J connectivity index is 1.89. The molecule has 4 nitrogen and oxygen atoms in total. The van der Waals surface area contributed by atoms with Crippen molar-refractivity contribution in [1.82, 2.24) is 4.98 Å². The average molecular weight is 283 g/mol. The maximum Gasteiger partial charge on any atom is 0.257 e. The number of nitrogen functional groups attached to an aromatic ring is 1. The van der Waals surface area contributed by atoms with Crippen molar-refractivity contribution >= 4 is 38.3 Å². The number of thiazole rings is 1. The van der Waals surface area contributed by atoms with Crippen LogP contribution in [0.25, 0.3) is 10.2 Å². The van der Waals surface area contributed by atoms with Gasteiger partial charge in [-0.15, -0.1) is 0 Å². The molecule has 0 radical (unpaired) electrons. The number of nitrogens with two attached hydrogens (primary N) is 1. The van der Waals surface area contributed by atoms with E-state index in [9.17, 15) is 4.79 Å². The maximum atomic E-state index is 12.2. The highest BCUT2D eigenvalue weighted by Gasteiger charge is 2.11. The monoisotopic (exact) mass is 283 g/mol. The third kappa shape index (κ3) is 2.35. The number of carbonyl (C=O) groups is 1. The van der Waals surface area contributed by atoms with Crippen molar-refractivity contribution in [3.63, 3.8) is 0 Å². The van der Waals surface area contributed by atoms with E-state index in [4.69, 9.17) is 5.73 Å². The number of nitrogens with one attached hydrogen (secondary N) is 1. The molecule has 0 saturated carbocycles. The molecule has 0 spiro atoms. The number of rotatable bonds is 2. The molecule has 0 aliphatic carbocycles. The van der Waals surface area contributed by atoms with E-state index in [1.165, 1.54) is 11.3 Å². The van der Waals surface area contributed by atoms with Crippen LogP contribution in [0.15, 0.2) is 42.5 Å². The summed E-state index contributed by atoms with van der Waals surface area (Å²) in [5, 5.41) is 3.42. The Morgan fingerprint density at radius 2 is 2.05 bits per heavy atom. The van der Waals surface area contributed by atoms with Crippen LogP contribution >= 0.6 is 11.3 Å². The summed E-state index contributed by atoms with van der Waals surface area (Å²) in [5.74, 6) is -0.143. The average Bonchev–Trinajstić information content (AvgIpc) is 2.80. The van der Waals surface area contributed by atoms with Gasteiger partial charge in [0.1, 0.15) is 0 Å². The molecule has 3 rings (SSSR count). The van der Waals surface area contributed by atoms with E-state index in [0.717, 1.165) is 15.8 Å². The Kier molecular flexibility index (Phi) is 3.12. The number of hydrogen-bond donors (Lipinski definition) is 2. The number of aromatic nitrogens is 1. The van der Waals surface area contributed by atoms with Crippen LogP contribution in [-0.4, -0.2) is 10.9 Å². The molecular formula is C15H13N3OS. The highest BCUT2D eigenvalue weighted by atomic mass is 32.1. The van der Waals surface area contributed by atoms with E-state index >= 15 is 0 Å². The van der Waals surface area contributed by atoms with Crippen LogP contribution in [0.1, 0.15) is 15.9 Å². The summed E-state index contributed by atoms with van der Waals surface area (Å²) in [5.41, 5.74) is 8.87. The summed E-state index contributed by atoms with van der Waals surface area (Å²) in [7, 11) is 0. The molecule has 5 heteroatoms. The van der Waals surface area contributed by atoms with Gasteiger partial charge in [0.25, 0.3) is 5.91 Å². The predicted molar refractivity (Wildman–Crippen MR) is 83.2 cm³/mol. The van der Waals surface area contributed by atoms with Crippen molar-refractivity contribution in [2.75, 3.05) is 11.1 Å². The number of aryl methyl sites for hydroxylation is 1. The number of carbonyl (C=O) groups excluding carboxylic acids is 1. The van der Waals surface area contributed by atoms with Crippen LogP contribution < -0.4 is 11.1 Å². The third-order valence-electron chi connectivity index (χ3n) is 3.02. The van der Waals surface area contributed by atoms with Crippen molar-refractivity contribution in [1.29, 1.82) is 0 Å². The van der Waals surface area contributed by atoms with Gasteiger partial charge in [0.15, 0.2) is 5.13 Å². The molecule has 1 heterocycles. The Morgan fingerprint density at radius 1 is 1.25 bits per heavy atom. The standard InChI is InChI=1S/C15H13N3OS/c1-9-4-2-3-5-11(9)14(19)18-15-17-12-7-6-10(16)8-13(12)20-15/h2-8H,16H2,1H3,(H,17,18,19). The third-order valence-corrected chi connectivity index (χ3v) is 3.96. The zero-order valence-electron chi connectivity index (χ0n) is 10.9. The highest BCUT2D eigenvalue weighted by Crippen LogP contribution is 2.27.